The molecule has 0 aliphatic carbocycles. The minimum Gasteiger partial charge on any atom is -0.497 e. The SMILES string of the molecule is COc1ccc(NC(=O)Cn2cc(NC(=O)C(C)C(C)N)cn2)cc1. The summed E-state index contributed by atoms with van der Waals surface area (Å²) >= 11 is 0. The van der Waals surface area contributed by atoms with E-state index in [1.807, 2.05) is 0 Å². The molecule has 1 aromatic carbocycles. The van der Waals surface area contributed by atoms with Gasteiger partial charge in [0.1, 0.15) is 12.3 Å². The van der Waals surface area contributed by atoms with E-state index in [-0.39, 0.29) is 30.3 Å². The second kappa shape index (κ2) is 8.29. The van der Waals surface area contributed by atoms with Gasteiger partial charge in [-0.25, -0.2) is 0 Å². The number of hydrogen-bond acceptors (Lipinski definition) is 5. The van der Waals surface area contributed by atoms with Gasteiger partial charge in [-0.1, -0.05) is 6.92 Å². The number of amides is 2. The van der Waals surface area contributed by atoms with Crippen LogP contribution in [0.25, 0.3) is 0 Å². The third-order valence-electron chi connectivity index (χ3n) is 3.78. The van der Waals surface area contributed by atoms with Gasteiger partial charge in [-0.2, -0.15) is 5.10 Å². The van der Waals surface area contributed by atoms with E-state index in [1.165, 1.54) is 10.9 Å². The van der Waals surface area contributed by atoms with Gasteiger partial charge in [0.05, 0.1) is 24.9 Å². The molecular formula is C17H23N5O3. The molecule has 8 heteroatoms. The lowest BCUT2D eigenvalue weighted by Gasteiger charge is -2.14. The van der Waals surface area contributed by atoms with Crippen molar-refractivity contribution in [2.75, 3.05) is 17.7 Å². The average molecular weight is 345 g/mol. The molecule has 2 unspecified atom stereocenters. The van der Waals surface area contributed by atoms with E-state index in [1.54, 1.807) is 51.4 Å². The van der Waals surface area contributed by atoms with Gasteiger partial charge in [0.15, 0.2) is 0 Å². The summed E-state index contributed by atoms with van der Waals surface area (Å²) in [5.74, 6) is -0.0134. The summed E-state index contributed by atoms with van der Waals surface area (Å²) in [7, 11) is 1.58. The standard InChI is InChI=1S/C17H23N5O3/c1-11(12(2)18)17(24)21-14-8-19-22(9-14)10-16(23)20-13-4-6-15(25-3)7-5-13/h4-9,11-12H,10,18H2,1-3H3,(H,20,23)(H,21,24). The first-order chi connectivity index (χ1) is 11.9. The molecule has 0 saturated carbocycles. The van der Waals surface area contributed by atoms with Crippen molar-refractivity contribution < 1.29 is 14.3 Å². The number of carbonyl (C=O) groups is 2. The van der Waals surface area contributed by atoms with Gasteiger partial charge in [-0.3, -0.25) is 14.3 Å². The lowest BCUT2D eigenvalue weighted by atomic mass is 10.0. The van der Waals surface area contributed by atoms with Crippen molar-refractivity contribution in [2.24, 2.45) is 11.7 Å². The Balaban J connectivity index is 1.89. The number of nitrogens with two attached hydrogens (primary N) is 1. The van der Waals surface area contributed by atoms with Crippen LogP contribution in [0.4, 0.5) is 11.4 Å². The number of hydrogen-bond donors (Lipinski definition) is 3. The van der Waals surface area contributed by atoms with E-state index < -0.39 is 0 Å². The molecule has 1 aromatic heterocycles. The highest BCUT2D eigenvalue weighted by Crippen LogP contribution is 2.15. The lowest BCUT2D eigenvalue weighted by molar-refractivity contribution is -0.120. The number of rotatable bonds is 7. The number of methoxy groups -OCH3 is 1. The van der Waals surface area contributed by atoms with Gasteiger partial charge in [0.2, 0.25) is 11.8 Å². The van der Waals surface area contributed by atoms with E-state index >= 15 is 0 Å². The maximum absolute atomic E-state index is 12.1. The number of nitrogens with zero attached hydrogens (tertiary/aromatic N) is 2. The van der Waals surface area contributed by atoms with Crippen molar-refractivity contribution in [3.63, 3.8) is 0 Å². The molecule has 2 amide bonds. The molecule has 8 nitrogen and oxygen atoms in total. The van der Waals surface area contributed by atoms with Gasteiger partial charge in [0.25, 0.3) is 0 Å². The van der Waals surface area contributed by atoms with Crippen LogP contribution in [-0.4, -0.2) is 34.7 Å². The highest BCUT2D eigenvalue weighted by Gasteiger charge is 2.17. The zero-order chi connectivity index (χ0) is 18.4. The summed E-state index contributed by atoms with van der Waals surface area (Å²) < 4.78 is 6.52. The molecular weight excluding hydrogens is 322 g/mol. The maximum Gasteiger partial charge on any atom is 0.246 e. The number of carbonyl (C=O) groups excluding carboxylic acids is 2. The number of benzene rings is 1. The molecule has 2 atom stereocenters. The number of nitrogens with one attached hydrogen (secondary N) is 2. The van der Waals surface area contributed by atoms with Crippen molar-refractivity contribution in [3.8, 4) is 5.75 Å². The van der Waals surface area contributed by atoms with Crippen LogP contribution in [-0.2, 0) is 16.1 Å². The topological polar surface area (TPSA) is 111 Å². The van der Waals surface area contributed by atoms with E-state index in [4.69, 9.17) is 10.5 Å². The second-order valence-corrected chi connectivity index (χ2v) is 5.84. The fourth-order valence-electron chi connectivity index (χ4n) is 2.03. The van der Waals surface area contributed by atoms with Crippen molar-refractivity contribution in [1.82, 2.24) is 9.78 Å². The normalized spacial score (nSPS) is 13.0. The molecule has 25 heavy (non-hydrogen) atoms. The summed E-state index contributed by atoms with van der Waals surface area (Å²) in [5, 5.41) is 9.57. The Bertz CT molecular complexity index is 724. The molecule has 0 bridgehead atoms. The summed E-state index contributed by atoms with van der Waals surface area (Å²) in [5.41, 5.74) is 6.90. The summed E-state index contributed by atoms with van der Waals surface area (Å²) in [4.78, 5) is 24.0. The molecule has 0 aliphatic heterocycles. The fraction of sp³-hybridized carbons (Fsp3) is 0.353. The van der Waals surface area contributed by atoms with Gasteiger partial charge < -0.3 is 21.1 Å². The summed E-state index contributed by atoms with van der Waals surface area (Å²) in [6.45, 7) is 3.56. The molecule has 2 aromatic rings. The van der Waals surface area contributed by atoms with Crippen molar-refractivity contribution in [1.29, 1.82) is 0 Å². The molecule has 0 radical (unpaired) electrons. The van der Waals surface area contributed by atoms with Crippen LogP contribution < -0.4 is 21.1 Å². The Morgan fingerprint density at radius 1 is 1.20 bits per heavy atom. The smallest absolute Gasteiger partial charge is 0.246 e. The summed E-state index contributed by atoms with van der Waals surface area (Å²) in [6.07, 6.45) is 3.09. The minimum atomic E-state index is -0.318. The highest BCUT2D eigenvalue weighted by molar-refractivity contribution is 5.93. The fourth-order valence-corrected chi connectivity index (χ4v) is 2.03. The predicted molar refractivity (Wildman–Crippen MR) is 95.3 cm³/mol. The van der Waals surface area contributed by atoms with Crippen LogP contribution in [0.1, 0.15) is 13.8 Å². The van der Waals surface area contributed by atoms with Crippen molar-refractivity contribution >= 4 is 23.2 Å². The molecule has 0 fully saturated rings. The Kier molecular flexibility index (Phi) is 6.13. The lowest BCUT2D eigenvalue weighted by Crippen LogP contribution is -2.34. The Morgan fingerprint density at radius 2 is 1.88 bits per heavy atom. The third-order valence-corrected chi connectivity index (χ3v) is 3.78. The van der Waals surface area contributed by atoms with Crippen LogP contribution in [0.2, 0.25) is 0 Å². The van der Waals surface area contributed by atoms with Gasteiger partial charge in [0, 0.05) is 17.9 Å². The second-order valence-electron chi connectivity index (χ2n) is 5.84. The summed E-state index contributed by atoms with van der Waals surface area (Å²) in [6, 6.07) is 6.78. The first-order valence-corrected chi connectivity index (χ1v) is 7.92. The molecule has 1 heterocycles. The molecule has 134 valence electrons. The van der Waals surface area contributed by atoms with E-state index in [2.05, 4.69) is 15.7 Å². The molecule has 4 N–H and O–H groups in total. The molecule has 0 spiro atoms. The van der Waals surface area contributed by atoms with E-state index in [0.717, 1.165) is 0 Å². The van der Waals surface area contributed by atoms with Crippen LogP contribution in [0.5, 0.6) is 5.75 Å². The number of aromatic nitrogens is 2. The molecule has 2 rings (SSSR count). The van der Waals surface area contributed by atoms with Crippen LogP contribution in [0.3, 0.4) is 0 Å². The first kappa shape index (κ1) is 18.5. The zero-order valence-corrected chi connectivity index (χ0v) is 14.5. The molecule has 0 saturated heterocycles. The minimum absolute atomic E-state index is 0.0325. The first-order valence-electron chi connectivity index (χ1n) is 7.92. The largest absolute Gasteiger partial charge is 0.497 e. The van der Waals surface area contributed by atoms with Crippen LogP contribution in [0, 0.1) is 5.92 Å². The number of ether oxygens (including phenoxy) is 1. The van der Waals surface area contributed by atoms with Crippen molar-refractivity contribution in [2.45, 2.75) is 26.4 Å². The maximum atomic E-state index is 12.1. The van der Waals surface area contributed by atoms with E-state index in [0.29, 0.717) is 17.1 Å². The Hall–Kier alpha value is -2.87. The average Bonchev–Trinajstić information content (AvgIpc) is 3.01. The van der Waals surface area contributed by atoms with E-state index in [9.17, 15) is 9.59 Å². The highest BCUT2D eigenvalue weighted by atomic mass is 16.5. The van der Waals surface area contributed by atoms with Gasteiger partial charge in [-0.05, 0) is 31.2 Å². The van der Waals surface area contributed by atoms with Crippen LogP contribution >= 0.6 is 0 Å². The predicted octanol–water partition coefficient (Wildman–Crippen LogP) is 1.45. The monoisotopic (exact) mass is 345 g/mol. The zero-order valence-electron chi connectivity index (χ0n) is 14.5. The van der Waals surface area contributed by atoms with Crippen LogP contribution in [0.15, 0.2) is 36.7 Å². The van der Waals surface area contributed by atoms with Gasteiger partial charge in [-0.15, -0.1) is 0 Å². The van der Waals surface area contributed by atoms with Gasteiger partial charge >= 0.3 is 0 Å². The third kappa shape index (κ3) is 5.32. The van der Waals surface area contributed by atoms with Crippen molar-refractivity contribution in [3.05, 3.63) is 36.7 Å². The quantitative estimate of drug-likeness (QED) is 0.703. The number of anilines is 2. The Labute approximate surface area is 146 Å². The molecule has 0 aliphatic rings. The Morgan fingerprint density at radius 3 is 2.48 bits per heavy atom.